The molecule has 0 radical (unpaired) electrons. The first kappa shape index (κ1) is 22.6. The van der Waals surface area contributed by atoms with Crippen LogP contribution < -0.4 is 9.47 Å². The lowest BCUT2D eigenvalue weighted by atomic mass is 10.0. The van der Waals surface area contributed by atoms with E-state index in [0.717, 1.165) is 61.5 Å². The summed E-state index contributed by atoms with van der Waals surface area (Å²) in [6.07, 6.45) is 6.59. The lowest BCUT2D eigenvalue weighted by Gasteiger charge is -2.26. The van der Waals surface area contributed by atoms with Gasteiger partial charge in [-0.05, 0) is 51.2 Å². The molecule has 2 aliphatic heterocycles. The average molecular weight is 444 g/mol. The third-order valence-corrected chi connectivity index (χ3v) is 6.39. The molecule has 0 saturated carbocycles. The number of amides is 1. The number of aromatic nitrogens is 2. The molecule has 0 N–H and O–H groups in total. The van der Waals surface area contributed by atoms with Gasteiger partial charge in [0.05, 0.1) is 45.2 Å². The number of ether oxygens (including phenoxy) is 4. The van der Waals surface area contributed by atoms with Crippen LogP contribution in [0.1, 0.15) is 59.8 Å². The number of carbonyl (C=O) groups excluding carboxylic acids is 1. The number of hydrogen-bond donors (Lipinski definition) is 0. The minimum Gasteiger partial charge on any atom is -0.497 e. The van der Waals surface area contributed by atoms with Gasteiger partial charge in [-0.2, -0.15) is 5.10 Å². The summed E-state index contributed by atoms with van der Waals surface area (Å²) in [4.78, 5) is 15.4. The number of likely N-dealkylation sites (tertiary alicyclic amines) is 1. The van der Waals surface area contributed by atoms with Gasteiger partial charge in [0.15, 0.2) is 6.29 Å². The lowest BCUT2D eigenvalue weighted by Crippen LogP contribution is -2.31. The SMILES string of the molecule is COc1ccc([C@H]2CCCN2C(=O)c2cnn(CCO[C@H]3CCCCO3)c2C)c(OC)c1. The predicted molar refractivity (Wildman–Crippen MR) is 119 cm³/mol. The van der Waals surface area contributed by atoms with Crippen molar-refractivity contribution in [2.24, 2.45) is 0 Å². The molecule has 2 fully saturated rings. The van der Waals surface area contributed by atoms with Crippen LogP contribution in [0.4, 0.5) is 0 Å². The molecular weight excluding hydrogens is 410 g/mol. The molecular formula is C24H33N3O5. The Hall–Kier alpha value is -2.58. The summed E-state index contributed by atoms with van der Waals surface area (Å²) in [6.45, 7) is 4.52. The Kier molecular flexibility index (Phi) is 7.32. The second-order valence-electron chi connectivity index (χ2n) is 8.30. The van der Waals surface area contributed by atoms with Gasteiger partial charge < -0.3 is 23.8 Å². The molecule has 8 nitrogen and oxygen atoms in total. The van der Waals surface area contributed by atoms with Gasteiger partial charge in [-0.15, -0.1) is 0 Å². The van der Waals surface area contributed by atoms with E-state index in [9.17, 15) is 4.79 Å². The van der Waals surface area contributed by atoms with Crippen LogP contribution in [0.15, 0.2) is 24.4 Å². The highest BCUT2D eigenvalue weighted by atomic mass is 16.7. The zero-order valence-corrected chi connectivity index (χ0v) is 19.2. The third-order valence-electron chi connectivity index (χ3n) is 6.39. The molecule has 0 aliphatic carbocycles. The van der Waals surface area contributed by atoms with Crippen LogP contribution in [0.5, 0.6) is 11.5 Å². The van der Waals surface area contributed by atoms with Crippen LogP contribution in [0.3, 0.4) is 0 Å². The Balaban J connectivity index is 1.44. The molecule has 32 heavy (non-hydrogen) atoms. The maximum absolute atomic E-state index is 13.5. The topological polar surface area (TPSA) is 75.1 Å². The largest absolute Gasteiger partial charge is 0.497 e. The fourth-order valence-electron chi connectivity index (χ4n) is 4.58. The summed E-state index contributed by atoms with van der Waals surface area (Å²) >= 11 is 0. The van der Waals surface area contributed by atoms with Crippen LogP contribution in [-0.2, 0) is 16.0 Å². The van der Waals surface area contributed by atoms with E-state index in [1.165, 1.54) is 0 Å². The summed E-state index contributed by atoms with van der Waals surface area (Å²) in [6, 6.07) is 5.75. The summed E-state index contributed by atoms with van der Waals surface area (Å²) in [5.41, 5.74) is 2.50. The summed E-state index contributed by atoms with van der Waals surface area (Å²) in [7, 11) is 3.28. The molecule has 0 spiro atoms. The van der Waals surface area contributed by atoms with Crippen LogP contribution in [0, 0.1) is 6.92 Å². The number of nitrogens with zero attached hydrogens (tertiary/aromatic N) is 3. The maximum atomic E-state index is 13.5. The molecule has 1 aromatic carbocycles. The number of rotatable bonds is 8. The maximum Gasteiger partial charge on any atom is 0.257 e. The third kappa shape index (κ3) is 4.76. The molecule has 0 unspecified atom stereocenters. The van der Waals surface area contributed by atoms with Crippen molar-refractivity contribution < 1.29 is 23.7 Å². The molecule has 3 heterocycles. The molecule has 0 bridgehead atoms. The van der Waals surface area contributed by atoms with E-state index >= 15 is 0 Å². The summed E-state index contributed by atoms with van der Waals surface area (Å²) in [5, 5.41) is 4.45. The Bertz CT molecular complexity index is 922. The van der Waals surface area contributed by atoms with E-state index in [1.54, 1.807) is 20.4 Å². The number of methoxy groups -OCH3 is 2. The first-order chi connectivity index (χ1) is 15.6. The van der Waals surface area contributed by atoms with Gasteiger partial charge in [0, 0.05) is 30.5 Å². The highest BCUT2D eigenvalue weighted by Gasteiger charge is 2.34. The zero-order valence-electron chi connectivity index (χ0n) is 19.2. The Labute approximate surface area is 189 Å². The first-order valence-corrected chi connectivity index (χ1v) is 11.4. The highest BCUT2D eigenvalue weighted by Crippen LogP contribution is 2.39. The van der Waals surface area contributed by atoms with Gasteiger partial charge in [0.2, 0.25) is 0 Å². The molecule has 2 atom stereocenters. The molecule has 174 valence electrons. The van der Waals surface area contributed by atoms with Crippen molar-refractivity contribution in [2.75, 3.05) is 34.0 Å². The van der Waals surface area contributed by atoms with E-state index in [0.29, 0.717) is 25.3 Å². The second-order valence-corrected chi connectivity index (χ2v) is 8.30. The summed E-state index contributed by atoms with van der Waals surface area (Å²) < 4.78 is 24.2. The standard InChI is InChI=1S/C24H33N3O5/c1-17-20(16-25-27(17)12-14-32-23-8-4-5-13-31-23)24(28)26-11-6-7-21(26)19-10-9-18(29-2)15-22(19)30-3/h9-10,15-16,21,23H,4-8,11-14H2,1-3H3/t21-,23+/m1/s1. The number of hydrogen-bond acceptors (Lipinski definition) is 6. The molecule has 1 amide bonds. The summed E-state index contributed by atoms with van der Waals surface area (Å²) in [5.74, 6) is 1.48. The van der Waals surface area contributed by atoms with Crippen LogP contribution in [-0.4, -0.2) is 60.9 Å². The van der Waals surface area contributed by atoms with Crippen molar-refractivity contribution in [1.29, 1.82) is 0 Å². The van der Waals surface area contributed by atoms with E-state index in [1.807, 2.05) is 34.7 Å². The molecule has 2 aromatic rings. The normalized spacial score (nSPS) is 21.0. The minimum absolute atomic E-state index is 0.00523. The molecule has 2 saturated heterocycles. The van der Waals surface area contributed by atoms with Gasteiger partial charge in [-0.1, -0.05) is 0 Å². The Morgan fingerprint density at radius 2 is 2.06 bits per heavy atom. The lowest BCUT2D eigenvalue weighted by molar-refractivity contribution is -0.163. The van der Waals surface area contributed by atoms with Crippen molar-refractivity contribution in [3.05, 3.63) is 41.2 Å². The molecule has 1 aromatic heterocycles. The highest BCUT2D eigenvalue weighted by molar-refractivity contribution is 5.95. The van der Waals surface area contributed by atoms with Gasteiger partial charge in [-0.25, -0.2) is 0 Å². The monoisotopic (exact) mass is 443 g/mol. The molecule has 2 aliphatic rings. The van der Waals surface area contributed by atoms with Crippen LogP contribution in [0.2, 0.25) is 0 Å². The van der Waals surface area contributed by atoms with Crippen molar-refractivity contribution in [3.8, 4) is 11.5 Å². The van der Waals surface area contributed by atoms with Gasteiger partial charge in [0.1, 0.15) is 11.5 Å². The molecule has 8 heteroatoms. The van der Waals surface area contributed by atoms with Crippen molar-refractivity contribution in [1.82, 2.24) is 14.7 Å². The van der Waals surface area contributed by atoms with Crippen molar-refractivity contribution in [3.63, 3.8) is 0 Å². The van der Waals surface area contributed by atoms with Crippen LogP contribution >= 0.6 is 0 Å². The number of benzene rings is 1. The average Bonchev–Trinajstić information content (AvgIpc) is 3.46. The van der Waals surface area contributed by atoms with Crippen molar-refractivity contribution >= 4 is 5.91 Å². The molecule has 4 rings (SSSR count). The quantitative estimate of drug-likeness (QED) is 0.619. The van der Waals surface area contributed by atoms with Gasteiger partial charge in [-0.3, -0.25) is 9.48 Å². The number of carbonyl (C=O) groups is 1. The zero-order chi connectivity index (χ0) is 22.5. The van der Waals surface area contributed by atoms with E-state index in [4.69, 9.17) is 18.9 Å². The van der Waals surface area contributed by atoms with Gasteiger partial charge >= 0.3 is 0 Å². The Morgan fingerprint density at radius 3 is 2.81 bits per heavy atom. The fraction of sp³-hybridized carbons (Fsp3) is 0.583. The predicted octanol–water partition coefficient (Wildman–Crippen LogP) is 3.73. The second kappa shape index (κ2) is 10.4. The van der Waals surface area contributed by atoms with Crippen molar-refractivity contribution in [2.45, 2.75) is 57.9 Å². The fourth-order valence-corrected chi connectivity index (χ4v) is 4.58. The van der Waals surface area contributed by atoms with E-state index in [2.05, 4.69) is 5.10 Å². The first-order valence-electron chi connectivity index (χ1n) is 11.4. The Morgan fingerprint density at radius 1 is 1.19 bits per heavy atom. The van der Waals surface area contributed by atoms with Crippen LogP contribution in [0.25, 0.3) is 0 Å². The smallest absolute Gasteiger partial charge is 0.257 e. The minimum atomic E-state index is -0.120. The van der Waals surface area contributed by atoms with E-state index < -0.39 is 0 Å². The van der Waals surface area contributed by atoms with E-state index in [-0.39, 0.29) is 18.2 Å². The van der Waals surface area contributed by atoms with Gasteiger partial charge in [0.25, 0.3) is 5.91 Å².